The summed E-state index contributed by atoms with van der Waals surface area (Å²) >= 11 is 0. The molecule has 6 nitrogen and oxygen atoms in total. The average molecular weight is 336 g/mol. The lowest BCUT2D eigenvalue weighted by molar-refractivity contribution is -0.116. The number of anilines is 1. The van der Waals surface area contributed by atoms with Crippen molar-refractivity contribution in [2.45, 2.75) is 18.8 Å². The number of hydrogen-bond donors (Lipinski definition) is 2. The fourth-order valence-corrected chi connectivity index (χ4v) is 2.67. The largest absolute Gasteiger partial charge is 0.507 e. The van der Waals surface area contributed by atoms with E-state index in [1.54, 1.807) is 23.1 Å². The molecular weight excluding hydrogens is 316 g/mol. The van der Waals surface area contributed by atoms with Gasteiger partial charge in [-0.3, -0.25) is 4.79 Å². The monoisotopic (exact) mass is 336 g/mol. The first-order chi connectivity index (χ1) is 12.0. The summed E-state index contributed by atoms with van der Waals surface area (Å²) in [6.45, 7) is 0.274. The molecule has 1 heterocycles. The van der Waals surface area contributed by atoms with Crippen LogP contribution < -0.4 is 5.32 Å². The van der Waals surface area contributed by atoms with Gasteiger partial charge < -0.3 is 15.3 Å². The molecule has 1 aliphatic carbocycles. The zero-order valence-electron chi connectivity index (χ0n) is 14.3. The van der Waals surface area contributed by atoms with Gasteiger partial charge in [0, 0.05) is 11.1 Å². The second kappa shape index (κ2) is 6.91. The third-order valence-electron chi connectivity index (χ3n) is 3.99. The van der Waals surface area contributed by atoms with Crippen molar-refractivity contribution in [3.8, 4) is 29.4 Å². The van der Waals surface area contributed by atoms with E-state index in [1.165, 1.54) is 0 Å². The molecule has 0 spiro atoms. The molecule has 0 radical (unpaired) electrons. The smallest absolute Gasteiger partial charge is 0.239 e. The average Bonchev–Trinajstić information content (AvgIpc) is 3.39. The third-order valence-corrected chi connectivity index (χ3v) is 3.99. The first-order valence-corrected chi connectivity index (χ1v) is 8.10. The van der Waals surface area contributed by atoms with Gasteiger partial charge in [0.25, 0.3) is 0 Å². The van der Waals surface area contributed by atoms with E-state index in [-0.39, 0.29) is 18.2 Å². The van der Waals surface area contributed by atoms with Gasteiger partial charge in [0.2, 0.25) is 5.91 Å². The summed E-state index contributed by atoms with van der Waals surface area (Å²) < 4.78 is 0. The summed E-state index contributed by atoms with van der Waals surface area (Å²) in [6, 6.07) is 6.91. The zero-order valence-corrected chi connectivity index (χ0v) is 14.3. The number of phenols is 1. The number of aromatic nitrogens is 2. The van der Waals surface area contributed by atoms with Crippen molar-refractivity contribution in [2.24, 2.45) is 0 Å². The molecule has 2 aromatic rings. The fraction of sp³-hybridized carbons (Fsp3) is 0.316. The summed E-state index contributed by atoms with van der Waals surface area (Å²) in [6.07, 6.45) is 7.49. The molecule has 1 aliphatic rings. The summed E-state index contributed by atoms with van der Waals surface area (Å²) in [4.78, 5) is 13.7. The van der Waals surface area contributed by atoms with Crippen LogP contribution in [-0.4, -0.2) is 46.8 Å². The van der Waals surface area contributed by atoms with Gasteiger partial charge in [0.05, 0.1) is 6.54 Å². The molecule has 3 rings (SSSR count). The number of carbonyl (C=O) groups is 1. The highest BCUT2D eigenvalue weighted by Gasteiger charge is 2.29. The van der Waals surface area contributed by atoms with E-state index in [9.17, 15) is 9.90 Å². The molecule has 1 aromatic heterocycles. The number of phenolic OH excluding ortho intramolecular Hbond substituents is 1. The highest BCUT2D eigenvalue weighted by atomic mass is 16.3. The lowest BCUT2D eigenvalue weighted by Gasteiger charge is -2.13. The maximum atomic E-state index is 11.9. The van der Waals surface area contributed by atoms with Crippen LogP contribution in [0.2, 0.25) is 0 Å². The lowest BCUT2D eigenvalue weighted by Crippen LogP contribution is -2.27. The normalized spacial score (nSPS) is 13.5. The van der Waals surface area contributed by atoms with Crippen LogP contribution in [-0.2, 0) is 4.79 Å². The van der Waals surface area contributed by atoms with Gasteiger partial charge in [-0.25, -0.2) is 0 Å². The Morgan fingerprint density at radius 3 is 2.72 bits per heavy atom. The van der Waals surface area contributed by atoms with Gasteiger partial charge in [-0.1, -0.05) is 5.92 Å². The third kappa shape index (κ3) is 3.95. The molecule has 1 fully saturated rings. The number of amides is 1. The minimum Gasteiger partial charge on any atom is -0.507 e. The van der Waals surface area contributed by atoms with Crippen LogP contribution in [0.1, 0.15) is 29.9 Å². The zero-order chi connectivity index (χ0) is 18.0. The van der Waals surface area contributed by atoms with Crippen LogP contribution in [0.5, 0.6) is 5.75 Å². The van der Waals surface area contributed by atoms with Gasteiger partial charge in [-0.15, -0.1) is 16.6 Å². The summed E-state index contributed by atoms with van der Waals surface area (Å²) in [5.74, 6) is 3.24. The minimum absolute atomic E-state index is 0.0797. The molecular formula is C19H20N4O2. The Labute approximate surface area is 146 Å². The second-order valence-electron chi connectivity index (χ2n) is 6.47. The number of rotatable bonds is 5. The molecule has 6 heteroatoms. The Kier molecular flexibility index (Phi) is 4.68. The Hall–Kier alpha value is -2.91. The van der Waals surface area contributed by atoms with Gasteiger partial charge in [0.1, 0.15) is 11.4 Å². The molecule has 0 atom stereocenters. The van der Waals surface area contributed by atoms with Gasteiger partial charge >= 0.3 is 0 Å². The SMILES string of the molecule is C#Cc1ccc(-c2nnc(NC(=O)CN(C)C)cc2C2CC2)c(O)c1. The maximum absolute atomic E-state index is 11.9. The minimum atomic E-state index is -0.144. The van der Waals surface area contributed by atoms with Crippen LogP contribution in [0.15, 0.2) is 24.3 Å². The van der Waals surface area contributed by atoms with Crippen molar-refractivity contribution in [3.63, 3.8) is 0 Å². The van der Waals surface area contributed by atoms with E-state index in [2.05, 4.69) is 21.4 Å². The van der Waals surface area contributed by atoms with Crippen molar-refractivity contribution in [1.29, 1.82) is 0 Å². The number of aromatic hydroxyl groups is 1. The number of carbonyl (C=O) groups excluding carboxylic acids is 1. The number of benzene rings is 1. The van der Waals surface area contributed by atoms with E-state index in [0.29, 0.717) is 28.6 Å². The Morgan fingerprint density at radius 2 is 2.12 bits per heavy atom. The topological polar surface area (TPSA) is 78.4 Å². The van der Waals surface area contributed by atoms with E-state index in [4.69, 9.17) is 6.42 Å². The van der Waals surface area contributed by atoms with Gasteiger partial charge in [-0.05, 0) is 62.7 Å². The standard InChI is InChI=1S/C19H20N4O2/c1-4-12-5-8-14(16(24)9-12)19-15(13-6-7-13)10-17(21-22-19)20-18(25)11-23(2)3/h1,5,8-10,13,24H,6-7,11H2,2-3H3,(H,20,21,25). The van der Waals surface area contributed by atoms with Crippen LogP contribution in [0.25, 0.3) is 11.3 Å². The van der Waals surface area contributed by atoms with Gasteiger partial charge in [0.15, 0.2) is 5.82 Å². The second-order valence-corrected chi connectivity index (χ2v) is 6.47. The van der Waals surface area contributed by atoms with Crippen molar-refractivity contribution >= 4 is 11.7 Å². The van der Waals surface area contributed by atoms with Gasteiger partial charge in [-0.2, -0.15) is 0 Å². The highest BCUT2D eigenvalue weighted by molar-refractivity contribution is 5.91. The van der Waals surface area contributed by atoms with E-state index in [0.717, 1.165) is 18.4 Å². The summed E-state index contributed by atoms with van der Waals surface area (Å²) in [7, 11) is 3.65. The van der Waals surface area contributed by atoms with Crippen molar-refractivity contribution in [1.82, 2.24) is 15.1 Å². The molecule has 0 saturated heterocycles. The van der Waals surface area contributed by atoms with Crippen LogP contribution >= 0.6 is 0 Å². The van der Waals surface area contributed by atoms with Crippen molar-refractivity contribution in [3.05, 3.63) is 35.4 Å². The number of terminal acetylenes is 1. The summed E-state index contributed by atoms with van der Waals surface area (Å²) in [5.41, 5.74) is 2.82. The van der Waals surface area contributed by atoms with E-state index < -0.39 is 0 Å². The molecule has 2 N–H and O–H groups in total. The molecule has 0 bridgehead atoms. The summed E-state index contributed by atoms with van der Waals surface area (Å²) in [5, 5.41) is 21.4. The maximum Gasteiger partial charge on any atom is 0.239 e. The predicted molar refractivity (Wildman–Crippen MR) is 96.2 cm³/mol. The number of nitrogens with zero attached hydrogens (tertiary/aromatic N) is 3. The molecule has 0 aliphatic heterocycles. The highest BCUT2D eigenvalue weighted by Crippen LogP contribution is 2.45. The molecule has 1 aromatic carbocycles. The Bertz CT molecular complexity index is 851. The molecule has 0 unspecified atom stereocenters. The predicted octanol–water partition coefficient (Wildman–Crippen LogP) is 2.21. The van der Waals surface area contributed by atoms with Crippen LogP contribution in [0, 0.1) is 12.3 Å². The lowest BCUT2D eigenvalue weighted by atomic mass is 10.0. The first kappa shape index (κ1) is 16.9. The van der Waals surface area contributed by atoms with Crippen molar-refractivity contribution < 1.29 is 9.90 Å². The first-order valence-electron chi connectivity index (χ1n) is 8.10. The number of nitrogens with one attached hydrogen (secondary N) is 1. The molecule has 128 valence electrons. The van der Waals surface area contributed by atoms with Crippen LogP contribution in [0.4, 0.5) is 5.82 Å². The molecule has 1 amide bonds. The number of hydrogen-bond acceptors (Lipinski definition) is 5. The Morgan fingerprint density at radius 1 is 1.36 bits per heavy atom. The number of likely N-dealkylation sites (N-methyl/N-ethyl adjacent to an activating group) is 1. The fourth-order valence-electron chi connectivity index (χ4n) is 2.67. The van der Waals surface area contributed by atoms with Crippen LogP contribution in [0.3, 0.4) is 0 Å². The quantitative estimate of drug-likeness (QED) is 0.819. The Balaban J connectivity index is 1.93. The van der Waals surface area contributed by atoms with Crippen molar-refractivity contribution in [2.75, 3.05) is 26.0 Å². The molecule has 1 saturated carbocycles. The van der Waals surface area contributed by atoms with E-state index >= 15 is 0 Å². The molecule has 25 heavy (non-hydrogen) atoms. The van der Waals surface area contributed by atoms with E-state index in [1.807, 2.05) is 20.2 Å².